The molecular formula is C7H3ClN3O2-. The lowest BCUT2D eigenvalue weighted by atomic mass is 10.3. The van der Waals surface area contributed by atoms with E-state index in [1.54, 1.807) is 6.07 Å². The first kappa shape index (κ1) is 8.00. The van der Waals surface area contributed by atoms with Crippen molar-refractivity contribution in [1.29, 1.82) is 0 Å². The number of rotatable bonds is 1. The minimum atomic E-state index is -1.36. The van der Waals surface area contributed by atoms with Gasteiger partial charge in [-0.25, -0.2) is 0 Å². The van der Waals surface area contributed by atoms with E-state index in [9.17, 15) is 9.90 Å². The summed E-state index contributed by atoms with van der Waals surface area (Å²) in [7, 11) is 0. The fraction of sp³-hybridized carbons (Fsp3) is 0. The van der Waals surface area contributed by atoms with Gasteiger partial charge in [0.1, 0.15) is 11.2 Å². The quantitative estimate of drug-likeness (QED) is 0.695. The number of carbonyl (C=O) groups is 1. The minimum absolute atomic E-state index is 0.202. The molecule has 66 valence electrons. The highest BCUT2D eigenvalue weighted by Gasteiger charge is 2.07. The molecule has 1 N–H and O–H groups in total. The van der Waals surface area contributed by atoms with Crippen molar-refractivity contribution in [2.75, 3.05) is 0 Å². The van der Waals surface area contributed by atoms with E-state index in [4.69, 9.17) is 11.6 Å². The van der Waals surface area contributed by atoms with E-state index in [0.717, 1.165) is 0 Å². The fourth-order valence-electron chi connectivity index (χ4n) is 1.02. The molecule has 0 atom stereocenters. The van der Waals surface area contributed by atoms with Gasteiger partial charge >= 0.3 is 0 Å². The van der Waals surface area contributed by atoms with Gasteiger partial charge in [-0.1, -0.05) is 11.6 Å². The van der Waals surface area contributed by atoms with Gasteiger partial charge < -0.3 is 9.90 Å². The van der Waals surface area contributed by atoms with E-state index >= 15 is 0 Å². The SMILES string of the molecule is O=C([O-])c1n[nH]c2cc(Cl)cnc12. The molecular weight excluding hydrogens is 194 g/mol. The Labute approximate surface area is 77.4 Å². The minimum Gasteiger partial charge on any atom is -0.543 e. The standard InChI is InChI=1S/C7H4ClN3O2/c8-3-1-4-5(9-2-3)6(7(12)13)11-10-4/h1-2H,(H,10,11)(H,12,13)/p-1. The van der Waals surface area contributed by atoms with Crippen molar-refractivity contribution in [3.05, 3.63) is 23.0 Å². The Balaban J connectivity index is 2.76. The van der Waals surface area contributed by atoms with Crippen LogP contribution in [0.15, 0.2) is 12.3 Å². The first-order valence-corrected chi connectivity index (χ1v) is 3.77. The number of hydrogen-bond donors (Lipinski definition) is 1. The van der Waals surface area contributed by atoms with Gasteiger partial charge in [0.15, 0.2) is 0 Å². The van der Waals surface area contributed by atoms with Gasteiger partial charge in [0, 0.05) is 6.20 Å². The monoisotopic (exact) mass is 196 g/mol. The molecule has 0 bridgehead atoms. The number of H-pyrrole nitrogens is 1. The van der Waals surface area contributed by atoms with Crippen molar-refractivity contribution < 1.29 is 9.90 Å². The average Bonchev–Trinajstić information content (AvgIpc) is 2.46. The third kappa shape index (κ3) is 1.23. The van der Waals surface area contributed by atoms with E-state index in [1.807, 2.05) is 0 Å². The molecule has 0 saturated carbocycles. The van der Waals surface area contributed by atoms with Gasteiger partial charge in [-0.3, -0.25) is 10.1 Å². The topological polar surface area (TPSA) is 81.7 Å². The molecule has 0 aliphatic rings. The van der Waals surface area contributed by atoms with Crippen molar-refractivity contribution in [2.24, 2.45) is 0 Å². The molecule has 0 aliphatic heterocycles. The van der Waals surface area contributed by atoms with Crippen LogP contribution >= 0.6 is 11.6 Å². The Morgan fingerprint density at radius 1 is 1.62 bits per heavy atom. The Bertz CT molecular complexity index is 480. The van der Waals surface area contributed by atoms with E-state index in [0.29, 0.717) is 10.5 Å². The zero-order valence-electron chi connectivity index (χ0n) is 6.24. The third-order valence-corrected chi connectivity index (χ3v) is 1.77. The second-order valence-electron chi connectivity index (χ2n) is 2.41. The molecule has 0 aliphatic carbocycles. The van der Waals surface area contributed by atoms with Gasteiger partial charge in [0.05, 0.1) is 16.5 Å². The fourth-order valence-corrected chi connectivity index (χ4v) is 1.18. The highest BCUT2D eigenvalue weighted by molar-refractivity contribution is 6.31. The second kappa shape index (κ2) is 2.70. The number of carbonyl (C=O) groups excluding carboxylic acids is 1. The summed E-state index contributed by atoms with van der Waals surface area (Å²) in [6.45, 7) is 0. The molecule has 0 aromatic carbocycles. The van der Waals surface area contributed by atoms with Crippen molar-refractivity contribution >= 4 is 28.6 Å². The zero-order chi connectivity index (χ0) is 9.42. The van der Waals surface area contributed by atoms with Crippen molar-refractivity contribution in [1.82, 2.24) is 15.2 Å². The lowest BCUT2D eigenvalue weighted by molar-refractivity contribution is -0.255. The zero-order valence-corrected chi connectivity index (χ0v) is 7.00. The van der Waals surface area contributed by atoms with Crippen LogP contribution in [0.3, 0.4) is 0 Å². The van der Waals surface area contributed by atoms with Gasteiger partial charge in [-0.2, -0.15) is 5.10 Å². The molecule has 2 aromatic rings. The predicted octanol–water partition coefficient (Wildman–Crippen LogP) is -0.0252. The highest BCUT2D eigenvalue weighted by Crippen LogP contribution is 2.16. The molecule has 2 aromatic heterocycles. The summed E-state index contributed by atoms with van der Waals surface area (Å²) in [5.41, 5.74) is 0.530. The van der Waals surface area contributed by atoms with Crippen molar-refractivity contribution in [3.63, 3.8) is 0 Å². The number of aromatic nitrogens is 3. The summed E-state index contributed by atoms with van der Waals surface area (Å²) in [6, 6.07) is 1.54. The van der Waals surface area contributed by atoms with E-state index in [-0.39, 0.29) is 11.2 Å². The number of hydrogen-bond acceptors (Lipinski definition) is 4. The third-order valence-electron chi connectivity index (χ3n) is 1.56. The van der Waals surface area contributed by atoms with Gasteiger partial charge in [-0.05, 0) is 6.07 Å². The largest absolute Gasteiger partial charge is 0.543 e. The van der Waals surface area contributed by atoms with Gasteiger partial charge in [0.2, 0.25) is 0 Å². The Hall–Kier alpha value is -1.62. The Kier molecular flexibility index (Phi) is 1.66. The molecule has 0 spiro atoms. The van der Waals surface area contributed by atoms with Crippen LogP contribution in [0.25, 0.3) is 11.0 Å². The molecule has 0 saturated heterocycles. The normalized spacial score (nSPS) is 10.5. The molecule has 0 amide bonds. The van der Waals surface area contributed by atoms with Gasteiger partial charge in [0.25, 0.3) is 0 Å². The number of nitrogens with zero attached hydrogens (tertiary/aromatic N) is 2. The summed E-state index contributed by atoms with van der Waals surface area (Å²) >= 11 is 5.63. The van der Waals surface area contributed by atoms with Crippen molar-refractivity contribution in [2.45, 2.75) is 0 Å². The number of aromatic amines is 1. The number of carboxylic acids is 1. The van der Waals surface area contributed by atoms with Crippen LogP contribution in [0.5, 0.6) is 0 Å². The Morgan fingerprint density at radius 3 is 3.08 bits per heavy atom. The number of aromatic carboxylic acids is 1. The molecule has 6 heteroatoms. The molecule has 13 heavy (non-hydrogen) atoms. The molecule has 0 fully saturated rings. The predicted molar refractivity (Wildman–Crippen MR) is 43.2 cm³/mol. The summed E-state index contributed by atoms with van der Waals surface area (Å²) in [5.74, 6) is -1.36. The van der Waals surface area contributed by atoms with E-state index in [2.05, 4.69) is 15.2 Å². The summed E-state index contributed by atoms with van der Waals surface area (Å²) in [5, 5.41) is 16.9. The lowest BCUT2D eigenvalue weighted by Gasteiger charge is -1.95. The van der Waals surface area contributed by atoms with E-state index < -0.39 is 5.97 Å². The highest BCUT2D eigenvalue weighted by atomic mass is 35.5. The average molecular weight is 197 g/mol. The maximum absolute atomic E-state index is 10.5. The smallest absolute Gasteiger partial charge is 0.134 e. The number of pyridine rings is 1. The molecule has 5 nitrogen and oxygen atoms in total. The summed E-state index contributed by atoms with van der Waals surface area (Å²) in [4.78, 5) is 14.3. The number of carboxylic acid groups (broad SMARTS) is 1. The van der Waals surface area contributed by atoms with Crippen molar-refractivity contribution in [3.8, 4) is 0 Å². The molecule has 2 rings (SSSR count). The summed E-state index contributed by atoms with van der Waals surface area (Å²) in [6.07, 6.45) is 1.35. The van der Waals surface area contributed by atoms with Crippen LogP contribution < -0.4 is 5.11 Å². The van der Waals surface area contributed by atoms with E-state index in [1.165, 1.54) is 6.20 Å². The second-order valence-corrected chi connectivity index (χ2v) is 2.85. The van der Waals surface area contributed by atoms with Crippen LogP contribution in [0.2, 0.25) is 5.02 Å². The van der Waals surface area contributed by atoms with Crippen LogP contribution in [-0.4, -0.2) is 21.2 Å². The van der Waals surface area contributed by atoms with Crippen LogP contribution in [0.1, 0.15) is 10.5 Å². The molecule has 0 radical (unpaired) electrons. The lowest BCUT2D eigenvalue weighted by Crippen LogP contribution is -2.23. The van der Waals surface area contributed by atoms with Gasteiger partial charge in [-0.15, -0.1) is 0 Å². The van der Waals surface area contributed by atoms with Crippen LogP contribution in [0, 0.1) is 0 Å². The maximum atomic E-state index is 10.5. The first-order valence-electron chi connectivity index (χ1n) is 3.39. The number of nitrogens with one attached hydrogen (secondary N) is 1. The maximum Gasteiger partial charge on any atom is 0.134 e. The van der Waals surface area contributed by atoms with Crippen LogP contribution in [-0.2, 0) is 0 Å². The van der Waals surface area contributed by atoms with Crippen LogP contribution in [0.4, 0.5) is 0 Å². The summed E-state index contributed by atoms with van der Waals surface area (Å²) < 4.78 is 0. The number of fused-ring (bicyclic) bond motifs is 1. The Morgan fingerprint density at radius 2 is 2.38 bits per heavy atom. The first-order chi connectivity index (χ1) is 6.18. The molecule has 0 unspecified atom stereocenters. The molecule has 2 heterocycles. The number of halogens is 1.